The number of thiophene rings is 1. The Morgan fingerprint density at radius 1 is 1.22 bits per heavy atom. The van der Waals surface area contributed by atoms with Gasteiger partial charge >= 0.3 is 0 Å². The molecule has 2 heterocycles. The monoisotopic (exact) mass is 346 g/mol. The summed E-state index contributed by atoms with van der Waals surface area (Å²) in [6.07, 6.45) is 4.41. The summed E-state index contributed by atoms with van der Waals surface area (Å²) in [5, 5.41) is 0.792. The van der Waals surface area contributed by atoms with Crippen LogP contribution in [0.5, 0.6) is 0 Å². The highest BCUT2D eigenvalue weighted by molar-refractivity contribution is 7.98. The van der Waals surface area contributed by atoms with E-state index in [-0.39, 0.29) is 11.4 Å². The predicted octanol–water partition coefficient (Wildman–Crippen LogP) is 4.29. The Balaban J connectivity index is 1.63. The van der Waals surface area contributed by atoms with Crippen molar-refractivity contribution in [3.8, 4) is 0 Å². The highest BCUT2D eigenvalue weighted by atomic mass is 32.2. The van der Waals surface area contributed by atoms with Crippen molar-refractivity contribution >= 4 is 33.3 Å². The summed E-state index contributed by atoms with van der Waals surface area (Å²) in [5.41, 5.74) is 1.19. The first-order valence-electron chi connectivity index (χ1n) is 7.62. The molecule has 3 nitrogen and oxygen atoms in total. The minimum absolute atomic E-state index is 0.0240. The summed E-state index contributed by atoms with van der Waals surface area (Å²) in [4.78, 5) is 23.1. The first kappa shape index (κ1) is 14.9. The number of fused-ring (bicyclic) bond motifs is 3. The number of rotatable bonds is 3. The van der Waals surface area contributed by atoms with Gasteiger partial charge in [0.25, 0.3) is 5.56 Å². The fourth-order valence-corrected chi connectivity index (χ4v) is 5.01. The lowest BCUT2D eigenvalue weighted by Crippen LogP contribution is -2.12. The minimum atomic E-state index is -0.244. The molecule has 3 aromatic rings. The first-order valence-corrected chi connectivity index (χ1v) is 9.43. The molecule has 1 aliphatic carbocycles. The molecule has 4 rings (SSSR count). The Kier molecular flexibility index (Phi) is 3.95. The average molecular weight is 346 g/mol. The maximum atomic E-state index is 12.9. The summed E-state index contributed by atoms with van der Waals surface area (Å²) < 4.78 is 12.9. The van der Waals surface area contributed by atoms with Crippen LogP contribution >= 0.6 is 23.1 Å². The van der Waals surface area contributed by atoms with Gasteiger partial charge in [-0.25, -0.2) is 9.37 Å². The van der Waals surface area contributed by atoms with Crippen LogP contribution in [0.25, 0.3) is 10.2 Å². The molecule has 1 N–H and O–H groups in total. The molecule has 0 saturated heterocycles. The van der Waals surface area contributed by atoms with Gasteiger partial charge in [-0.1, -0.05) is 0 Å². The second-order valence-electron chi connectivity index (χ2n) is 5.65. The quantitative estimate of drug-likeness (QED) is 0.720. The Labute approximate surface area is 141 Å². The number of nitrogens with zero attached hydrogens (tertiary/aromatic N) is 1. The number of hydrogen-bond donors (Lipinski definition) is 1. The summed E-state index contributed by atoms with van der Waals surface area (Å²) >= 11 is 3.20. The van der Waals surface area contributed by atoms with Crippen molar-refractivity contribution < 1.29 is 4.39 Å². The maximum Gasteiger partial charge on any atom is 0.259 e. The van der Waals surface area contributed by atoms with Crippen molar-refractivity contribution in [2.45, 2.75) is 36.3 Å². The third kappa shape index (κ3) is 2.93. The third-order valence-corrected chi connectivity index (χ3v) is 6.27. The van der Waals surface area contributed by atoms with E-state index in [0.717, 1.165) is 34.4 Å². The van der Waals surface area contributed by atoms with Crippen LogP contribution in [0.3, 0.4) is 0 Å². The lowest BCUT2D eigenvalue weighted by molar-refractivity contribution is 0.626. The molecule has 0 saturated carbocycles. The number of aromatic amines is 1. The van der Waals surface area contributed by atoms with Gasteiger partial charge < -0.3 is 4.98 Å². The van der Waals surface area contributed by atoms with E-state index in [1.165, 1.54) is 40.8 Å². The van der Waals surface area contributed by atoms with E-state index in [4.69, 9.17) is 0 Å². The Bertz CT molecular complexity index is 915. The SMILES string of the molecule is O=c1[nH]c(CSc2ccc(F)cc2)nc2sc3c(c12)CCCC3. The van der Waals surface area contributed by atoms with Crippen LogP contribution < -0.4 is 5.56 Å². The number of H-pyrrole nitrogens is 1. The van der Waals surface area contributed by atoms with E-state index >= 15 is 0 Å². The van der Waals surface area contributed by atoms with Gasteiger partial charge in [0, 0.05) is 9.77 Å². The highest BCUT2D eigenvalue weighted by Crippen LogP contribution is 2.33. The lowest BCUT2D eigenvalue weighted by atomic mass is 9.97. The van der Waals surface area contributed by atoms with Crippen LogP contribution in [0.2, 0.25) is 0 Å². The molecule has 6 heteroatoms. The molecule has 0 aliphatic heterocycles. The van der Waals surface area contributed by atoms with Gasteiger partial charge in [0.05, 0.1) is 11.1 Å². The first-order chi connectivity index (χ1) is 11.2. The van der Waals surface area contributed by atoms with Gasteiger partial charge in [-0.05, 0) is 55.5 Å². The average Bonchev–Trinajstić information content (AvgIpc) is 2.93. The van der Waals surface area contributed by atoms with Gasteiger partial charge in [0.1, 0.15) is 16.5 Å². The standard InChI is InChI=1S/C17H15FN2OS2/c18-10-5-7-11(8-6-10)22-9-14-19-16(21)15-12-3-1-2-4-13(12)23-17(15)20-14/h5-8H,1-4,9H2,(H,19,20,21). The summed E-state index contributed by atoms with van der Waals surface area (Å²) in [7, 11) is 0. The van der Waals surface area contributed by atoms with Gasteiger partial charge in [-0.2, -0.15) is 0 Å². The van der Waals surface area contributed by atoms with E-state index in [0.29, 0.717) is 11.6 Å². The number of hydrogen-bond acceptors (Lipinski definition) is 4. The van der Waals surface area contributed by atoms with Gasteiger partial charge in [0.2, 0.25) is 0 Å². The van der Waals surface area contributed by atoms with Crippen molar-refractivity contribution in [2.24, 2.45) is 0 Å². The number of aromatic nitrogens is 2. The Morgan fingerprint density at radius 2 is 2.00 bits per heavy atom. The maximum absolute atomic E-state index is 12.9. The summed E-state index contributed by atoms with van der Waals surface area (Å²) in [6.45, 7) is 0. The van der Waals surface area contributed by atoms with Crippen molar-refractivity contribution in [2.75, 3.05) is 0 Å². The van der Waals surface area contributed by atoms with Crippen LogP contribution in [-0.2, 0) is 18.6 Å². The molecule has 0 unspecified atom stereocenters. The number of benzene rings is 1. The number of thioether (sulfide) groups is 1. The van der Waals surface area contributed by atoms with E-state index in [9.17, 15) is 9.18 Å². The van der Waals surface area contributed by atoms with E-state index < -0.39 is 0 Å². The number of halogens is 1. The zero-order valence-electron chi connectivity index (χ0n) is 12.4. The molecule has 1 aliphatic rings. The predicted molar refractivity (Wildman–Crippen MR) is 92.8 cm³/mol. The molecule has 1 aromatic carbocycles. The molecule has 0 radical (unpaired) electrons. The molecule has 23 heavy (non-hydrogen) atoms. The van der Waals surface area contributed by atoms with E-state index in [1.807, 2.05) is 0 Å². The van der Waals surface area contributed by atoms with Crippen molar-refractivity contribution in [1.82, 2.24) is 9.97 Å². The van der Waals surface area contributed by atoms with Crippen molar-refractivity contribution in [3.05, 3.63) is 56.7 Å². The zero-order valence-corrected chi connectivity index (χ0v) is 14.0. The van der Waals surface area contributed by atoms with Gasteiger partial charge in [0.15, 0.2) is 0 Å². The topological polar surface area (TPSA) is 45.8 Å². The van der Waals surface area contributed by atoms with Gasteiger partial charge in [-0.3, -0.25) is 4.79 Å². The third-order valence-electron chi connectivity index (χ3n) is 4.06. The van der Waals surface area contributed by atoms with Crippen LogP contribution in [0.4, 0.5) is 4.39 Å². The number of aryl methyl sites for hydroxylation is 2. The normalized spacial score (nSPS) is 14.1. The highest BCUT2D eigenvalue weighted by Gasteiger charge is 2.19. The van der Waals surface area contributed by atoms with Crippen LogP contribution in [-0.4, -0.2) is 9.97 Å². The molecule has 0 bridgehead atoms. The molecule has 118 valence electrons. The number of nitrogens with one attached hydrogen (secondary N) is 1. The smallest absolute Gasteiger partial charge is 0.259 e. The fraction of sp³-hybridized carbons (Fsp3) is 0.294. The molecule has 0 spiro atoms. The van der Waals surface area contributed by atoms with Crippen LogP contribution in [0.15, 0.2) is 34.0 Å². The van der Waals surface area contributed by atoms with Crippen molar-refractivity contribution in [3.63, 3.8) is 0 Å². The second kappa shape index (κ2) is 6.09. The molecular weight excluding hydrogens is 331 g/mol. The molecule has 0 fully saturated rings. The Hall–Kier alpha value is -1.66. The molecule has 0 atom stereocenters. The largest absolute Gasteiger partial charge is 0.309 e. The van der Waals surface area contributed by atoms with Gasteiger partial charge in [-0.15, -0.1) is 23.1 Å². The van der Waals surface area contributed by atoms with Crippen molar-refractivity contribution in [1.29, 1.82) is 0 Å². The van der Waals surface area contributed by atoms with Crippen LogP contribution in [0.1, 0.15) is 29.1 Å². The molecular formula is C17H15FN2OS2. The van der Waals surface area contributed by atoms with E-state index in [1.54, 1.807) is 23.5 Å². The summed E-state index contributed by atoms with van der Waals surface area (Å²) in [6, 6.07) is 6.35. The summed E-state index contributed by atoms with van der Waals surface area (Å²) in [5.74, 6) is 1.00. The van der Waals surface area contributed by atoms with E-state index in [2.05, 4.69) is 9.97 Å². The lowest BCUT2D eigenvalue weighted by Gasteiger charge is -2.09. The molecule has 0 amide bonds. The fourth-order valence-electron chi connectivity index (χ4n) is 2.96. The molecule has 2 aromatic heterocycles. The minimum Gasteiger partial charge on any atom is -0.309 e. The zero-order chi connectivity index (χ0) is 15.8. The van der Waals surface area contributed by atoms with Crippen LogP contribution in [0, 0.1) is 5.82 Å². The Morgan fingerprint density at radius 3 is 2.83 bits per heavy atom. The second-order valence-corrected chi connectivity index (χ2v) is 7.78.